The number of piperidine rings is 1. The number of halogens is 3. The van der Waals surface area contributed by atoms with Gasteiger partial charge in [0.2, 0.25) is 0 Å². The van der Waals surface area contributed by atoms with Crippen LogP contribution in [0.3, 0.4) is 0 Å². The summed E-state index contributed by atoms with van der Waals surface area (Å²) in [5.74, 6) is -5.30. The number of nitrogens with zero attached hydrogens (tertiary/aromatic N) is 1. The molecule has 3 nitrogen and oxygen atoms in total. The fourth-order valence-electron chi connectivity index (χ4n) is 4.12. The van der Waals surface area contributed by atoms with Gasteiger partial charge in [0.25, 0.3) is 5.92 Å². The Bertz CT molecular complexity index is 701. The van der Waals surface area contributed by atoms with Crippen molar-refractivity contribution in [3.8, 4) is 0 Å². The molecule has 0 radical (unpaired) electrons. The number of nitrogens with two attached hydrogens (primary N) is 1. The molecule has 160 valence electrons. The number of rotatable bonds is 7. The Morgan fingerprint density at radius 1 is 1.21 bits per heavy atom. The first-order chi connectivity index (χ1) is 12.9. The average molecular weight is 419 g/mol. The molecule has 0 amide bonds. The molecule has 1 aromatic carbocycles. The van der Waals surface area contributed by atoms with E-state index >= 15 is 13.2 Å². The largest absolute Gasteiger partial charge is 0.301 e. The van der Waals surface area contributed by atoms with Crippen LogP contribution in [0, 0.1) is 11.7 Å². The first-order valence-electron chi connectivity index (χ1n) is 9.95. The number of hydrogen-bond acceptors (Lipinski definition) is 2. The Labute approximate surface area is 169 Å². The first kappa shape index (κ1) is 23.4. The predicted molar refractivity (Wildman–Crippen MR) is 109 cm³/mol. The van der Waals surface area contributed by atoms with E-state index in [1.165, 1.54) is 18.2 Å². The molecule has 1 heterocycles. The molecule has 0 bridgehead atoms. The zero-order valence-electron chi connectivity index (χ0n) is 17.5. The summed E-state index contributed by atoms with van der Waals surface area (Å²) in [6, 6.07) is 4.56. The van der Waals surface area contributed by atoms with Crippen LogP contribution in [0.25, 0.3) is 0 Å². The van der Waals surface area contributed by atoms with Crippen LogP contribution >= 0.6 is 0 Å². The molecule has 1 aliphatic heterocycles. The molecule has 0 aromatic heterocycles. The SMILES string of the molecule is CC(C)N1CCC(C(F)(F)c2cccc([C@H](C)CC(C)(C)S(N)=O)c2F)CC1. The fourth-order valence-corrected chi connectivity index (χ4v) is 4.53. The second-order valence-corrected chi connectivity index (χ2v) is 10.6. The van der Waals surface area contributed by atoms with Gasteiger partial charge in [-0.25, -0.2) is 17.4 Å². The molecule has 1 saturated heterocycles. The summed E-state index contributed by atoms with van der Waals surface area (Å²) in [6.07, 6.45) is 1.04. The Morgan fingerprint density at radius 2 is 1.79 bits per heavy atom. The fraction of sp³-hybridized carbons (Fsp3) is 0.714. The maximum atomic E-state index is 15.2. The molecule has 2 N–H and O–H groups in total. The van der Waals surface area contributed by atoms with Gasteiger partial charge in [-0.3, -0.25) is 5.14 Å². The molecule has 28 heavy (non-hydrogen) atoms. The molecular weight excluding hydrogens is 385 g/mol. The molecule has 1 fully saturated rings. The van der Waals surface area contributed by atoms with Gasteiger partial charge in [-0.1, -0.05) is 25.1 Å². The molecule has 2 rings (SSSR count). The van der Waals surface area contributed by atoms with E-state index in [-0.39, 0.29) is 11.5 Å². The summed E-state index contributed by atoms with van der Waals surface area (Å²) in [7, 11) is -1.59. The third-order valence-corrected chi connectivity index (χ3v) is 7.29. The van der Waals surface area contributed by atoms with Crippen LogP contribution in [0.5, 0.6) is 0 Å². The molecule has 1 aliphatic rings. The van der Waals surface area contributed by atoms with Crippen molar-refractivity contribution in [3.05, 3.63) is 35.1 Å². The van der Waals surface area contributed by atoms with E-state index in [0.717, 1.165) is 0 Å². The van der Waals surface area contributed by atoms with E-state index in [1.807, 2.05) is 0 Å². The second kappa shape index (κ2) is 8.84. The lowest BCUT2D eigenvalue weighted by Crippen LogP contribution is -2.42. The zero-order valence-corrected chi connectivity index (χ0v) is 18.3. The monoisotopic (exact) mass is 418 g/mol. The highest BCUT2D eigenvalue weighted by molar-refractivity contribution is 7.84. The van der Waals surface area contributed by atoms with E-state index in [4.69, 9.17) is 5.14 Å². The zero-order chi connectivity index (χ0) is 21.3. The minimum Gasteiger partial charge on any atom is -0.301 e. The summed E-state index contributed by atoms with van der Waals surface area (Å²) in [6.45, 7) is 10.5. The van der Waals surface area contributed by atoms with Gasteiger partial charge in [0, 0.05) is 12.0 Å². The standard InChI is InChI=1S/C21H33F3N2OS/c1-14(2)26-11-9-16(10-12-26)21(23,24)18-8-6-7-17(19(18)22)15(3)13-20(4,5)28(25)27/h6-8,14-16H,9-13,25H2,1-5H3/t15-,28?/m1/s1. The number of likely N-dealkylation sites (tertiary alicyclic amines) is 1. The highest BCUT2D eigenvalue weighted by atomic mass is 32.2. The molecule has 1 aromatic rings. The molecule has 0 spiro atoms. The van der Waals surface area contributed by atoms with E-state index < -0.39 is 39.0 Å². The van der Waals surface area contributed by atoms with E-state index in [2.05, 4.69) is 18.7 Å². The van der Waals surface area contributed by atoms with Crippen LogP contribution in [-0.4, -0.2) is 33.0 Å². The lowest BCUT2D eigenvalue weighted by atomic mass is 9.83. The average Bonchev–Trinajstić information content (AvgIpc) is 2.61. The Balaban J connectivity index is 2.25. The lowest BCUT2D eigenvalue weighted by molar-refractivity contribution is -0.0900. The van der Waals surface area contributed by atoms with Crippen LogP contribution in [0.1, 0.15) is 70.9 Å². The minimum absolute atomic E-state index is 0.232. The lowest BCUT2D eigenvalue weighted by Gasteiger charge is -2.38. The van der Waals surface area contributed by atoms with Gasteiger partial charge in [-0.05, 0) is 71.5 Å². The van der Waals surface area contributed by atoms with Gasteiger partial charge in [0.15, 0.2) is 0 Å². The Kier molecular flexibility index (Phi) is 7.37. The highest BCUT2D eigenvalue weighted by Gasteiger charge is 2.45. The maximum absolute atomic E-state index is 15.2. The van der Waals surface area contributed by atoms with Crippen LogP contribution in [0.15, 0.2) is 18.2 Å². The van der Waals surface area contributed by atoms with E-state index in [9.17, 15) is 4.21 Å². The number of alkyl halides is 2. The van der Waals surface area contributed by atoms with Gasteiger partial charge in [0.1, 0.15) is 5.82 Å². The van der Waals surface area contributed by atoms with Crippen molar-refractivity contribution < 1.29 is 17.4 Å². The summed E-state index contributed by atoms with van der Waals surface area (Å²) < 4.78 is 56.6. The maximum Gasteiger partial charge on any atom is 0.278 e. The highest BCUT2D eigenvalue weighted by Crippen LogP contribution is 2.44. The predicted octanol–water partition coefficient (Wildman–Crippen LogP) is 4.93. The van der Waals surface area contributed by atoms with Gasteiger partial charge in [-0.15, -0.1) is 0 Å². The Morgan fingerprint density at radius 3 is 2.29 bits per heavy atom. The number of hydrogen-bond donors (Lipinski definition) is 1. The van der Waals surface area contributed by atoms with Crippen molar-refractivity contribution in [2.24, 2.45) is 11.1 Å². The summed E-state index contributed by atoms with van der Waals surface area (Å²) >= 11 is 0. The molecule has 0 aliphatic carbocycles. The molecule has 0 saturated carbocycles. The molecule has 1 unspecified atom stereocenters. The molecule has 7 heteroatoms. The molecule has 2 atom stereocenters. The summed E-state index contributed by atoms with van der Waals surface area (Å²) in [5.41, 5.74) is -0.290. The van der Waals surface area contributed by atoms with Crippen molar-refractivity contribution in [1.82, 2.24) is 4.90 Å². The second-order valence-electron chi connectivity index (χ2n) is 8.90. The Hall–Kier alpha value is -0.920. The third kappa shape index (κ3) is 4.97. The van der Waals surface area contributed by atoms with Crippen molar-refractivity contribution in [2.45, 2.75) is 76.5 Å². The van der Waals surface area contributed by atoms with Crippen molar-refractivity contribution in [1.29, 1.82) is 0 Å². The van der Waals surface area contributed by atoms with Gasteiger partial charge in [0.05, 0.1) is 21.3 Å². The van der Waals surface area contributed by atoms with Gasteiger partial charge in [-0.2, -0.15) is 0 Å². The third-order valence-electron chi connectivity index (χ3n) is 6.03. The van der Waals surface area contributed by atoms with Crippen molar-refractivity contribution in [3.63, 3.8) is 0 Å². The molecular formula is C21H33F3N2OS. The van der Waals surface area contributed by atoms with Crippen LogP contribution in [0.4, 0.5) is 13.2 Å². The van der Waals surface area contributed by atoms with E-state index in [0.29, 0.717) is 38.4 Å². The first-order valence-corrected chi connectivity index (χ1v) is 11.2. The smallest absolute Gasteiger partial charge is 0.278 e. The summed E-state index contributed by atoms with van der Waals surface area (Å²) in [4.78, 5) is 2.18. The number of benzene rings is 1. The van der Waals surface area contributed by atoms with Crippen LogP contribution in [0.2, 0.25) is 0 Å². The quantitative estimate of drug-likeness (QED) is 0.682. The normalized spacial score (nSPS) is 19.8. The van der Waals surface area contributed by atoms with Gasteiger partial charge >= 0.3 is 0 Å². The van der Waals surface area contributed by atoms with Crippen LogP contribution < -0.4 is 5.14 Å². The minimum atomic E-state index is -3.21. The summed E-state index contributed by atoms with van der Waals surface area (Å²) in [5, 5.41) is 5.52. The van der Waals surface area contributed by atoms with Crippen molar-refractivity contribution >= 4 is 11.0 Å². The van der Waals surface area contributed by atoms with Crippen molar-refractivity contribution in [2.75, 3.05) is 13.1 Å². The van der Waals surface area contributed by atoms with Crippen LogP contribution in [-0.2, 0) is 16.9 Å². The van der Waals surface area contributed by atoms with E-state index in [1.54, 1.807) is 20.8 Å². The van der Waals surface area contributed by atoms with Gasteiger partial charge < -0.3 is 4.90 Å². The topological polar surface area (TPSA) is 46.3 Å².